The number of nitrogens with zero attached hydrogens (tertiary/aromatic N) is 2. The largest absolute Gasteiger partial charge is 0.507 e. The molecule has 33 heavy (non-hydrogen) atoms. The lowest BCUT2D eigenvalue weighted by Crippen LogP contribution is -2.33. The van der Waals surface area contributed by atoms with Crippen molar-refractivity contribution in [3.63, 3.8) is 0 Å². The molecule has 1 amide bonds. The van der Waals surface area contributed by atoms with Gasteiger partial charge in [0.25, 0.3) is 11.7 Å². The molecule has 6 nitrogen and oxygen atoms in total. The summed E-state index contributed by atoms with van der Waals surface area (Å²) in [6.07, 6.45) is 0.695. The van der Waals surface area contributed by atoms with Gasteiger partial charge in [-0.1, -0.05) is 49.2 Å². The van der Waals surface area contributed by atoms with E-state index in [0.717, 1.165) is 19.6 Å². The van der Waals surface area contributed by atoms with Gasteiger partial charge in [0, 0.05) is 17.1 Å². The van der Waals surface area contributed by atoms with Gasteiger partial charge in [-0.05, 0) is 62.0 Å². The molecule has 0 bridgehead atoms. The molecule has 1 fully saturated rings. The number of Topliss-reactive ketones (excluding diaryl/α,β-unsaturated/α-hetero) is 1. The third-order valence-electron chi connectivity index (χ3n) is 5.90. The average Bonchev–Trinajstić information content (AvgIpc) is 3.06. The first-order valence-electron chi connectivity index (χ1n) is 10.9. The summed E-state index contributed by atoms with van der Waals surface area (Å²) < 4.78 is 5.17. The van der Waals surface area contributed by atoms with Gasteiger partial charge in [-0.3, -0.25) is 9.59 Å². The minimum Gasteiger partial charge on any atom is -0.507 e. The molecule has 1 saturated heterocycles. The van der Waals surface area contributed by atoms with Gasteiger partial charge in [0.05, 0.1) is 23.7 Å². The molecule has 0 spiro atoms. The molecule has 2 aromatic carbocycles. The van der Waals surface area contributed by atoms with Crippen molar-refractivity contribution in [2.24, 2.45) is 0 Å². The van der Waals surface area contributed by atoms with E-state index in [-0.39, 0.29) is 16.4 Å². The standard InChI is InChI=1S/C25H28Cl2N2O4/c1-4-28(5-2)12-7-13-29-22(16-8-6-9-18(26)14-16)21(24(31)25(29)32)23(30)17-10-11-20(33-3)19(27)15-17/h6,8-11,14-15,22,30H,4-5,7,12-13H2,1-3H3/b23-21-. The number of ketones is 1. The topological polar surface area (TPSA) is 70.1 Å². The number of likely N-dealkylation sites (tertiary alicyclic amines) is 1. The lowest BCUT2D eigenvalue weighted by atomic mass is 9.95. The maximum Gasteiger partial charge on any atom is 0.295 e. The molecule has 1 unspecified atom stereocenters. The maximum atomic E-state index is 13.1. The van der Waals surface area contributed by atoms with Crippen LogP contribution in [0.3, 0.4) is 0 Å². The number of hydrogen-bond donors (Lipinski definition) is 1. The zero-order valence-corrected chi connectivity index (χ0v) is 20.5. The third kappa shape index (κ3) is 5.35. The molecule has 0 aromatic heterocycles. The van der Waals surface area contributed by atoms with E-state index in [0.29, 0.717) is 34.9 Å². The molecule has 2 aromatic rings. The maximum absolute atomic E-state index is 13.1. The average molecular weight is 491 g/mol. The van der Waals surface area contributed by atoms with E-state index in [1.807, 2.05) is 0 Å². The predicted molar refractivity (Wildman–Crippen MR) is 131 cm³/mol. The lowest BCUT2D eigenvalue weighted by molar-refractivity contribution is -0.140. The van der Waals surface area contributed by atoms with E-state index < -0.39 is 17.7 Å². The van der Waals surface area contributed by atoms with Gasteiger partial charge in [0.2, 0.25) is 0 Å². The molecule has 0 radical (unpaired) electrons. The summed E-state index contributed by atoms with van der Waals surface area (Å²) in [5, 5.41) is 11.9. The number of carbonyl (C=O) groups is 2. The molecule has 1 aliphatic rings. The highest BCUT2D eigenvalue weighted by Gasteiger charge is 2.45. The summed E-state index contributed by atoms with van der Waals surface area (Å²) in [6.45, 7) is 7.16. The second kappa shape index (κ2) is 11.1. The number of aliphatic hydroxyl groups is 1. The zero-order valence-electron chi connectivity index (χ0n) is 19.0. The lowest BCUT2D eigenvalue weighted by Gasteiger charge is -2.27. The van der Waals surface area contributed by atoms with Crippen LogP contribution in [0.1, 0.15) is 37.4 Å². The van der Waals surface area contributed by atoms with Crippen molar-refractivity contribution in [1.29, 1.82) is 0 Å². The van der Waals surface area contributed by atoms with Crippen molar-refractivity contribution in [3.8, 4) is 5.75 Å². The summed E-state index contributed by atoms with van der Waals surface area (Å²) in [6, 6.07) is 11.0. The van der Waals surface area contributed by atoms with Crippen molar-refractivity contribution in [2.45, 2.75) is 26.3 Å². The van der Waals surface area contributed by atoms with Crippen LogP contribution in [0.25, 0.3) is 5.76 Å². The third-order valence-corrected chi connectivity index (χ3v) is 6.43. The minimum absolute atomic E-state index is 0.0198. The van der Waals surface area contributed by atoms with Crippen LogP contribution in [0.4, 0.5) is 0 Å². The molecule has 8 heteroatoms. The van der Waals surface area contributed by atoms with Gasteiger partial charge in [-0.2, -0.15) is 0 Å². The molecular formula is C25H28Cl2N2O4. The molecule has 1 N–H and O–H groups in total. The first kappa shape index (κ1) is 25.1. The molecule has 3 rings (SSSR count). The number of benzene rings is 2. The number of aliphatic hydroxyl groups excluding tert-OH is 1. The van der Waals surface area contributed by atoms with Crippen LogP contribution in [-0.4, -0.2) is 59.9 Å². The first-order valence-corrected chi connectivity index (χ1v) is 11.7. The second-order valence-corrected chi connectivity index (χ2v) is 8.62. The molecule has 1 aliphatic heterocycles. The fourth-order valence-electron chi connectivity index (χ4n) is 4.11. The Morgan fingerprint density at radius 3 is 2.45 bits per heavy atom. The fraction of sp³-hybridized carbons (Fsp3) is 0.360. The Bertz CT molecular complexity index is 1070. The number of halogens is 2. The number of carbonyl (C=O) groups excluding carboxylic acids is 2. The molecule has 176 valence electrons. The summed E-state index contributed by atoms with van der Waals surface area (Å²) in [7, 11) is 1.49. The number of hydrogen-bond acceptors (Lipinski definition) is 5. The second-order valence-electron chi connectivity index (χ2n) is 7.78. The van der Waals surface area contributed by atoms with Gasteiger partial charge in [-0.25, -0.2) is 0 Å². The van der Waals surface area contributed by atoms with E-state index >= 15 is 0 Å². The Morgan fingerprint density at radius 1 is 1.12 bits per heavy atom. The Hall–Kier alpha value is -2.54. The van der Waals surface area contributed by atoms with Gasteiger partial charge < -0.3 is 19.6 Å². The highest BCUT2D eigenvalue weighted by atomic mass is 35.5. The summed E-state index contributed by atoms with van der Waals surface area (Å²) in [5.74, 6) is -1.21. The van der Waals surface area contributed by atoms with Crippen LogP contribution in [0.5, 0.6) is 5.75 Å². The normalized spacial score (nSPS) is 17.8. The minimum atomic E-state index is -0.749. The van der Waals surface area contributed by atoms with E-state index in [1.54, 1.807) is 36.4 Å². The smallest absolute Gasteiger partial charge is 0.295 e. The first-order chi connectivity index (χ1) is 15.8. The monoisotopic (exact) mass is 490 g/mol. The summed E-state index contributed by atoms with van der Waals surface area (Å²) in [4.78, 5) is 29.9. The predicted octanol–water partition coefficient (Wildman–Crippen LogP) is 5.16. The van der Waals surface area contributed by atoms with E-state index in [2.05, 4.69) is 18.7 Å². The van der Waals surface area contributed by atoms with Gasteiger partial charge >= 0.3 is 0 Å². The van der Waals surface area contributed by atoms with Crippen molar-refractivity contribution in [2.75, 3.05) is 33.3 Å². The number of methoxy groups -OCH3 is 1. The molecule has 0 saturated carbocycles. The summed E-state index contributed by atoms with van der Waals surface area (Å²) in [5.41, 5.74) is 1.01. The number of ether oxygens (including phenoxy) is 1. The Balaban J connectivity index is 2.05. The molecule has 1 heterocycles. The molecular weight excluding hydrogens is 463 g/mol. The summed E-state index contributed by atoms with van der Waals surface area (Å²) >= 11 is 12.5. The van der Waals surface area contributed by atoms with Crippen LogP contribution in [0.15, 0.2) is 48.0 Å². The van der Waals surface area contributed by atoms with Crippen molar-refractivity contribution < 1.29 is 19.4 Å². The Kier molecular flexibility index (Phi) is 8.40. The van der Waals surface area contributed by atoms with E-state index in [4.69, 9.17) is 27.9 Å². The van der Waals surface area contributed by atoms with Crippen LogP contribution >= 0.6 is 23.2 Å². The van der Waals surface area contributed by atoms with Crippen molar-refractivity contribution in [3.05, 3.63) is 69.2 Å². The van der Waals surface area contributed by atoms with Crippen molar-refractivity contribution >= 4 is 40.7 Å². The van der Waals surface area contributed by atoms with Crippen LogP contribution in [0.2, 0.25) is 10.0 Å². The Morgan fingerprint density at radius 2 is 1.85 bits per heavy atom. The van der Waals surface area contributed by atoms with Gasteiger partial charge in [0.15, 0.2) is 0 Å². The van der Waals surface area contributed by atoms with E-state index in [9.17, 15) is 14.7 Å². The van der Waals surface area contributed by atoms with Crippen LogP contribution in [0, 0.1) is 0 Å². The highest BCUT2D eigenvalue weighted by molar-refractivity contribution is 6.46. The Labute approximate surface area is 204 Å². The fourth-order valence-corrected chi connectivity index (χ4v) is 4.56. The SMILES string of the molecule is CCN(CC)CCCN1C(=O)C(=O)/C(=C(\O)c2ccc(OC)c(Cl)c2)C1c1cccc(Cl)c1. The van der Waals surface area contributed by atoms with Gasteiger partial charge in [-0.15, -0.1) is 0 Å². The quantitative estimate of drug-likeness (QED) is 0.298. The zero-order chi connectivity index (χ0) is 24.1. The highest BCUT2D eigenvalue weighted by Crippen LogP contribution is 2.40. The van der Waals surface area contributed by atoms with Crippen molar-refractivity contribution in [1.82, 2.24) is 9.80 Å². The number of amides is 1. The van der Waals surface area contributed by atoms with Crippen LogP contribution in [-0.2, 0) is 9.59 Å². The van der Waals surface area contributed by atoms with Gasteiger partial charge in [0.1, 0.15) is 11.5 Å². The van der Waals surface area contributed by atoms with E-state index in [1.165, 1.54) is 18.1 Å². The molecule has 1 atom stereocenters. The van der Waals surface area contributed by atoms with Crippen LogP contribution < -0.4 is 4.74 Å². The molecule has 0 aliphatic carbocycles. The number of rotatable bonds is 9.